The van der Waals surface area contributed by atoms with Gasteiger partial charge in [-0.05, 0) is 277 Å². The molecule has 0 aliphatic heterocycles. The number of carboxylic acid groups (broad SMARTS) is 3. The van der Waals surface area contributed by atoms with Crippen molar-refractivity contribution < 1.29 is 106 Å². The van der Waals surface area contributed by atoms with Gasteiger partial charge in [-0.2, -0.15) is 0 Å². The van der Waals surface area contributed by atoms with Gasteiger partial charge in [0.05, 0.1) is 89.5 Å². The van der Waals surface area contributed by atoms with Crippen LogP contribution >= 0.6 is 0 Å². The van der Waals surface area contributed by atoms with Crippen molar-refractivity contribution in [2.45, 2.75) is 310 Å². The van der Waals surface area contributed by atoms with Crippen LogP contribution in [0, 0.1) is 32.5 Å². The molecule has 18 N–H and O–H groups in total. The van der Waals surface area contributed by atoms with Crippen molar-refractivity contribution in [2.75, 3.05) is 19.8 Å². The second-order valence-electron chi connectivity index (χ2n) is 35.6. The van der Waals surface area contributed by atoms with Crippen molar-refractivity contribution in [3.05, 3.63) is 176 Å². The first-order valence-corrected chi connectivity index (χ1v) is 40.0. The Hall–Kier alpha value is -6.09. The van der Waals surface area contributed by atoms with Gasteiger partial charge in [0.1, 0.15) is 0 Å². The summed E-state index contributed by atoms with van der Waals surface area (Å²) in [6.07, 6.45) is 36.3. The van der Waals surface area contributed by atoms with E-state index < -0.39 is 107 Å². The SMILES string of the molecule is CC(C)(CCCCC1=CC(O)C=C(/C=C\C2=CC(O)C=C(CCCCC(C)(C)C(=O)O)C2O)C1O)C(=O)O.CC(C)(CO)CCCCC1=CC(O)C=C(/C=C\C2=CC(O)C=C(CCCCC(C)(C)C(=O)O)C2O)C1O.CC(C)(CO)CCCCC1=CC(O)C=C(/C=C\C2=CC(O)C=C(CCCCC(C)(C)CO)C2O)C1O. The first-order chi connectivity index (χ1) is 51.8. The first-order valence-electron chi connectivity index (χ1n) is 40.0. The Morgan fingerprint density at radius 2 is 0.396 bits per heavy atom. The number of carbonyl (C=O) groups is 3. The molecule has 0 bridgehead atoms. The van der Waals surface area contributed by atoms with E-state index in [1.165, 1.54) is 12.2 Å². The molecule has 6 aliphatic rings. The molecule has 0 amide bonds. The van der Waals surface area contributed by atoms with Crippen molar-refractivity contribution in [3.63, 3.8) is 0 Å². The molecule has 0 heterocycles. The number of unbranched alkanes of at least 4 members (excludes halogenated alkanes) is 6. The van der Waals surface area contributed by atoms with Crippen molar-refractivity contribution >= 4 is 17.9 Å². The number of rotatable bonds is 42. The van der Waals surface area contributed by atoms with Crippen LogP contribution in [0.4, 0.5) is 0 Å². The fourth-order valence-corrected chi connectivity index (χ4v) is 14.0. The quantitative estimate of drug-likeness (QED) is 0.0199. The maximum Gasteiger partial charge on any atom is 0.309 e. The van der Waals surface area contributed by atoms with Crippen molar-refractivity contribution in [2.24, 2.45) is 32.5 Å². The molecule has 12 unspecified atom stereocenters. The number of hydrogen-bond donors (Lipinski definition) is 18. The van der Waals surface area contributed by atoms with E-state index in [2.05, 4.69) is 0 Å². The topological polar surface area (TPSA) is 415 Å². The lowest BCUT2D eigenvalue weighted by Crippen LogP contribution is -2.24. The predicted molar refractivity (Wildman–Crippen MR) is 434 cm³/mol. The van der Waals surface area contributed by atoms with E-state index in [0.29, 0.717) is 146 Å². The third-order valence-corrected chi connectivity index (χ3v) is 22.2. The van der Waals surface area contributed by atoms with Gasteiger partial charge in [0.15, 0.2) is 0 Å². The zero-order chi connectivity index (χ0) is 83.4. The molecule has 0 saturated heterocycles. The van der Waals surface area contributed by atoms with Crippen molar-refractivity contribution in [3.8, 4) is 0 Å². The van der Waals surface area contributed by atoms with Crippen LogP contribution in [0.15, 0.2) is 176 Å². The lowest BCUT2D eigenvalue weighted by molar-refractivity contribution is -0.148. The molecule has 0 aromatic carbocycles. The Balaban J connectivity index is 0.000000351. The zero-order valence-electron chi connectivity index (χ0n) is 68.2. The monoisotopic (exact) mass is 1550 g/mol. The Bertz CT molecular complexity index is 3380. The molecule has 0 radical (unpaired) electrons. The van der Waals surface area contributed by atoms with Crippen LogP contribution in [-0.2, 0) is 14.4 Å². The van der Waals surface area contributed by atoms with Gasteiger partial charge in [0.2, 0.25) is 0 Å². The normalized spacial score (nSPS) is 25.0. The van der Waals surface area contributed by atoms with E-state index in [1.54, 1.807) is 139 Å². The van der Waals surface area contributed by atoms with Gasteiger partial charge in [-0.25, -0.2) is 0 Å². The molecule has 0 saturated carbocycles. The van der Waals surface area contributed by atoms with E-state index in [0.717, 1.165) is 74.5 Å². The van der Waals surface area contributed by atoms with Gasteiger partial charge in [0, 0.05) is 19.8 Å². The zero-order valence-corrected chi connectivity index (χ0v) is 68.2. The summed E-state index contributed by atoms with van der Waals surface area (Å²) in [6.45, 7) is 22.7. The molecule has 0 aromatic rings. The van der Waals surface area contributed by atoms with Gasteiger partial charge < -0.3 is 91.9 Å². The molecule has 21 heteroatoms. The average molecular weight is 1560 g/mol. The number of carboxylic acids is 3. The molecule has 12 atom stereocenters. The summed E-state index contributed by atoms with van der Waals surface area (Å²) in [5.74, 6) is -2.52. The molecule has 0 spiro atoms. The van der Waals surface area contributed by atoms with E-state index in [1.807, 2.05) is 41.5 Å². The largest absolute Gasteiger partial charge is 0.481 e. The number of aliphatic carboxylic acids is 3. The maximum atomic E-state index is 11.3. The van der Waals surface area contributed by atoms with Crippen molar-refractivity contribution in [1.29, 1.82) is 0 Å². The van der Waals surface area contributed by atoms with Gasteiger partial charge in [-0.1, -0.05) is 153 Å². The third-order valence-electron chi connectivity index (χ3n) is 22.2. The Kier molecular flexibility index (Phi) is 39.7. The number of aliphatic hydroxyl groups is 15. The third kappa shape index (κ3) is 33.3. The molecule has 0 fully saturated rings. The minimum Gasteiger partial charge on any atom is -0.481 e. The maximum absolute atomic E-state index is 11.3. The Labute approximate surface area is 660 Å². The van der Waals surface area contributed by atoms with Crippen LogP contribution in [0.2, 0.25) is 0 Å². The predicted octanol–water partition coefficient (Wildman–Crippen LogP) is 11.9. The second-order valence-corrected chi connectivity index (χ2v) is 35.6. The van der Waals surface area contributed by atoms with E-state index in [-0.39, 0.29) is 36.1 Å². The summed E-state index contributed by atoms with van der Waals surface area (Å²) in [6, 6.07) is 0. The summed E-state index contributed by atoms with van der Waals surface area (Å²) >= 11 is 0. The minimum absolute atomic E-state index is 0.116. The van der Waals surface area contributed by atoms with Gasteiger partial charge in [-0.15, -0.1) is 0 Å². The lowest BCUT2D eigenvalue weighted by atomic mass is 9.84. The van der Waals surface area contributed by atoms with Gasteiger partial charge >= 0.3 is 17.9 Å². The molecular weight excluding hydrogens is 1420 g/mol. The minimum atomic E-state index is -0.930. The highest BCUT2D eigenvalue weighted by Crippen LogP contribution is 2.37. The molecule has 624 valence electrons. The fraction of sp³-hybridized carbons (Fsp3) is 0.633. The highest BCUT2D eigenvalue weighted by atomic mass is 16.4. The molecular formula is C90H138O21. The molecule has 21 nitrogen and oxygen atoms in total. The second kappa shape index (κ2) is 45.3. The van der Waals surface area contributed by atoms with E-state index >= 15 is 0 Å². The summed E-state index contributed by atoms with van der Waals surface area (Å²) in [7, 11) is 0. The molecule has 0 aromatic heterocycles. The van der Waals surface area contributed by atoms with Crippen molar-refractivity contribution in [1.82, 2.24) is 0 Å². The smallest absolute Gasteiger partial charge is 0.309 e. The van der Waals surface area contributed by atoms with Crippen LogP contribution < -0.4 is 0 Å². The summed E-state index contributed by atoms with van der Waals surface area (Å²) in [4.78, 5) is 33.9. The Morgan fingerprint density at radius 1 is 0.252 bits per heavy atom. The molecule has 111 heavy (non-hydrogen) atoms. The van der Waals surface area contributed by atoms with Crippen LogP contribution in [-0.4, -0.2) is 203 Å². The summed E-state index contributed by atoms with van der Waals surface area (Å²) in [5, 5.41) is 183. The van der Waals surface area contributed by atoms with Crippen LogP contribution in [0.1, 0.15) is 237 Å². The number of hydrogen-bond acceptors (Lipinski definition) is 18. The Morgan fingerprint density at radius 3 is 0.532 bits per heavy atom. The summed E-state index contributed by atoms with van der Waals surface area (Å²) in [5.41, 5.74) is 4.69. The molecule has 6 rings (SSSR count). The summed E-state index contributed by atoms with van der Waals surface area (Å²) < 4.78 is 0. The average Bonchev–Trinajstić information content (AvgIpc) is 0.834. The number of aliphatic hydroxyl groups excluding tert-OH is 15. The highest BCUT2D eigenvalue weighted by molar-refractivity contribution is 5.74. The first kappa shape index (κ1) is 97.3. The van der Waals surface area contributed by atoms with E-state index in [4.69, 9.17) is 0 Å². The van der Waals surface area contributed by atoms with Gasteiger partial charge in [-0.3, -0.25) is 14.4 Å². The van der Waals surface area contributed by atoms with Gasteiger partial charge in [0.25, 0.3) is 0 Å². The fourth-order valence-electron chi connectivity index (χ4n) is 14.0. The van der Waals surface area contributed by atoms with Crippen LogP contribution in [0.25, 0.3) is 0 Å². The molecule has 6 aliphatic carbocycles. The van der Waals surface area contributed by atoms with Crippen LogP contribution in [0.3, 0.4) is 0 Å². The van der Waals surface area contributed by atoms with E-state index in [9.17, 15) is 106 Å². The van der Waals surface area contributed by atoms with Crippen LogP contribution in [0.5, 0.6) is 0 Å². The standard InChI is InChI=1S/C30H44O8.C30H46O7.C30H48O6/c1-29(2,27(35)36)13-7-5-9-19-15-23(31)17-21(25(19)33)11-12-22-18-24(32)16-20(26(22)34)10-6-8-14-30(3,4)28(37)38;1-29(2,19-31)13-7-5-9-20-15-24(32)17-22(26(20)34)11-12-23-18-25(33)16-21(27(23)35)10-6-8-14-30(3,4)28(36)37;1-29(2,19-31)13-7-5-9-21-15-25(33)17-23(27(21)35)11-12-24-18-26(34)16-22(28(24)36)10-6-8-14-30(3,4)20-32/h11-12,15-18,23-26,31-34H,5-10,13-14H2,1-4H3,(H,35,36)(H,37,38);11-12,15-18,24-27,31-35H,5-10,13-14,19H2,1-4H3,(H,36,37);11-12,15-18,25-28,31-36H,5-10,13-14,19-20H2,1-4H3/b3*12-11-. The highest BCUT2D eigenvalue weighted by Gasteiger charge is 2.33. The lowest BCUT2D eigenvalue weighted by Gasteiger charge is -2.25.